The van der Waals surface area contributed by atoms with Gasteiger partial charge in [0.25, 0.3) is 0 Å². The molecule has 27 heavy (non-hydrogen) atoms. The Balaban J connectivity index is 2.45. The average Bonchev–Trinajstić information content (AvgIpc) is 2.62. The highest BCUT2D eigenvalue weighted by Crippen LogP contribution is 2.27. The first-order chi connectivity index (χ1) is 12.9. The molecule has 0 aromatic heterocycles. The van der Waals surface area contributed by atoms with Crippen molar-refractivity contribution in [3.63, 3.8) is 0 Å². The summed E-state index contributed by atoms with van der Waals surface area (Å²) in [6.45, 7) is 6.00. The number of aryl methyl sites for hydroxylation is 1. The third-order valence-electron chi connectivity index (χ3n) is 5.03. The van der Waals surface area contributed by atoms with Crippen LogP contribution in [0.4, 0.5) is 0 Å². The van der Waals surface area contributed by atoms with E-state index < -0.39 is 15.4 Å². The quantitative estimate of drug-likeness (QED) is 0.270. The first kappa shape index (κ1) is 23.8. The summed E-state index contributed by atoms with van der Waals surface area (Å²) in [5.74, 6) is 0.236. The van der Waals surface area contributed by atoms with Crippen LogP contribution in [0.25, 0.3) is 0 Å². The monoisotopic (exact) mass is 398 g/mol. The van der Waals surface area contributed by atoms with Gasteiger partial charge in [-0.25, -0.2) is 0 Å². The van der Waals surface area contributed by atoms with Gasteiger partial charge in [-0.1, -0.05) is 84.1 Å². The number of phenolic OH excluding ortho intramolecular Hbond substituents is 1. The van der Waals surface area contributed by atoms with E-state index >= 15 is 0 Å². The Bertz CT molecular complexity index is 625. The molecule has 0 fully saturated rings. The SMILES string of the molecule is CCCCCCCCCCCC(CCC)S(=O)(=O)Oc1cc(O)ccc1C. The Morgan fingerprint density at radius 3 is 2.07 bits per heavy atom. The normalized spacial score (nSPS) is 12.9. The van der Waals surface area contributed by atoms with E-state index in [0.717, 1.165) is 19.3 Å². The molecule has 0 heterocycles. The molecule has 0 amide bonds. The highest BCUT2D eigenvalue weighted by molar-refractivity contribution is 7.87. The molecule has 0 aliphatic heterocycles. The lowest BCUT2D eigenvalue weighted by molar-refractivity contribution is 0.444. The van der Waals surface area contributed by atoms with E-state index in [0.29, 0.717) is 18.4 Å². The molecule has 0 aliphatic carbocycles. The summed E-state index contributed by atoms with van der Waals surface area (Å²) in [4.78, 5) is 0. The summed E-state index contributed by atoms with van der Waals surface area (Å²) in [7, 11) is -3.70. The predicted molar refractivity (Wildman–Crippen MR) is 113 cm³/mol. The average molecular weight is 399 g/mol. The van der Waals surface area contributed by atoms with Crippen LogP contribution in [0.3, 0.4) is 0 Å². The molecule has 5 heteroatoms. The second kappa shape index (κ2) is 13.0. The lowest BCUT2D eigenvalue weighted by Crippen LogP contribution is -2.26. The van der Waals surface area contributed by atoms with Gasteiger partial charge in [0.05, 0.1) is 5.25 Å². The van der Waals surface area contributed by atoms with E-state index in [4.69, 9.17) is 4.18 Å². The van der Waals surface area contributed by atoms with Crippen LogP contribution in [0.1, 0.15) is 96.5 Å². The molecule has 1 aromatic rings. The molecule has 0 aliphatic rings. The number of hydrogen-bond donors (Lipinski definition) is 1. The fraction of sp³-hybridized carbons (Fsp3) is 0.727. The van der Waals surface area contributed by atoms with Crippen molar-refractivity contribution in [3.05, 3.63) is 23.8 Å². The van der Waals surface area contributed by atoms with Crippen LogP contribution in [0.2, 0.25) is 0 Å². The highest BCUT2D eigenvalue weighted by atomic mass is 32.2. The Morgan fingerprint density at radius 2 is 1.48 bits per heavy atom. The second-order valence-electron chi connectivity index (χ2n) is 7.55. The molecule has 0 saturated heterocycles. The molecule has 0 bridgehead atoms. The molecule has 156 valence electrons. The minimum absolute atomic E-state index is 0.0109. The molecule has 0 spiro atoms. The molecule has 0 radical (unpaired) electrons. The van der Waals surface area contributed by atoms with Gasteiger partial charge in [-0.15, -0.1) is 0 Å². The van der Waals surface area contributed by atoms with Gasteiger partial charge in [0.2, 0.25) is 0 Å². The van der Waals surface area contributed by atoms with Gasteiger partial charge in [-0.3, -0.25) is 0 Å². The van der Waals surface area contributed by atoms with Gasteiger partial charge in [0.15, 0.2) is 0 Å². The first-order valence-electron chi connectivity index (χ1n) is 10.6. The number of benzene rings is 1. The summed E-state index contributed by atoms with van der Waals surface area (Å²) < 4.78 is 30.8. The Labute approximate surface area is 166 Å². The highest BCUT2D eigenvalue weighted by Gasteiger charge is 2.27. The van der Waals surface area contributed by atoms with E-state index in [1.807, 2.05) is 6.92 Å². The van der Waals surface area contributed by atoms with Crippen molar-refractivity contribution in [2.75, 3.05) is 0 Å². The van der Waals surface area contributed by atoms with Crippen molar-refractivity contribution in [1.82, 2.24) is 0 Å². The number of aromatic hydroxyl groups is 1. The second-order valence-corrected chi connectivity index (χ2v) is 9.37. The predicted octanol–water partition coefficient (Wildman–Crippen LogP) is 6.50. The van der Waals surface area contributed by atoms with E-state index in [9.17, 15) is 13.5 Å². The topological polar surface area (TPSA) is 63.6 Å². The largest absolute Gasteiger partial charge is 0.508 e. The minimum atomic E-state index is -3.70. The van der Waals surface area contributed by atoms with E-state index in [2.05, 4.69) is 6.92 Å². The first-order valence-corrected chi connectivity index (χ1v) is 12.1. The molecule has 0 saturated carbocycles. The van der Waals surface area contributed by atoms with Crippen LogP contribution in [0, 0.1) is 6.92 Å². The molecule has 4 nitrogen and oxygen atoms in total. The zero-order valence-corrected chi connectivity index (χ0v) is 18.2. The van der Waals surface area contributed by atoms with Crippen molar-refractivity contribution < 1.29 is 17.7 Å². The maximum absolute atomic E-state index is 12.7. The van der Waals surface area contributed by atoms with Gasteiger partial charge in [0, 0.05) is 6.07 Å². The number of rotatable bonds is 15. The van der Waals surface area contributed by atoms with Crippen molar-refractivity contribution in [1.29, 1.82) is 0 Å². The Hall–Kier alpha value is -1.23. The number of unbranched alkanes of at least 4 members (excludes halogenated alkanes) is 8. The van der Waals surface area contributed by atoms with Gasteiger partial charge >= 0.3 is 10.1 Å². The van der Waals surface area contributed by atoms with Crippen LogP contribution < -0.4 is 4.18 Å². The molecule has 1 atom stereocenters. The fourth-order valence-corrected chi connectivity index (χ4v) is 4.86. The van der Waals surface area contributed by atoms with E-state index in [1.165, 1.54) is 57.1 Å². The van der Waals surface area contributed by atoms with Crippen molar-refractivity contribution in [2.45, 2.75) is 103 Å². The Morgan fingerprint density at radius 1 is 0.889 bits per heavy atom. The number of phenols is 1. The minimum Gasteiger partial charge on any atom is -0.508 e. The van der Waals surface area contributed by atoms with Crippen LogP contribution in [-0.4, -0.2) is 18.8 Å². The summed E-state index contributed by atoms with van der Waals surface area (Å²) >= 11 is 0. The maximum Gasteiger partial charge on any atom is 0.312 e. The van der Waals surface area contributed by atoms with Crippen LogP contribution in [-0.2, 0) is 10.1 Å². The molecule has 1 unspecified atom stereocenters. The van der Waals surface area contributed by atoms with Crippen molar-refractivity contribution >= 4 is 10.1 Å². The molecular weight excluding hydrogens is 360 g/mol. The zero-order chi connectivity index (χ0) is 20.1. The third-order valence-corrected chi connectivity index (χ3v) is 6.73. The number of hydrogen-bond acceptors (Lipinski definition) is 4. The van der Waals surface area contributed by atoms with Gasteiger partial charge in [-0.05, 0) is 31.4 Å². The maximum atomic E-state index is 12.7. The van der Waals surface area contributed by atoms with Crippen molar-refractivity contribution in [2.24, 2.45) is 0 Å². The zero-order valence-electron chi connectivity index (χ0n) is 17.4. The standard InChI is InChI=1S/C22H38O4S/c1-4-6-7-8-9-10-11-12-13-15-21(14-5-2)27(24,25)26-22-18-20(23)17-16-19(22)3/h16-18,21,23H,4-15H2,1-3H3. The molecular formula is C22H38O4S. The van der Waals surface area contributed by atoms with Gasteiger partial charge in [0.1, 0.15) is 11.5 Å². The van der Waals surface area contributed by atoms with Gasteiger partial charge < -0.3 is 9.29 Å². The van der Waals surface area contributed by atoms with E-state index in [1.54, 1.807) is 13.0 Å². The molecule has 1 aromatic carbocycles. The summed E-state index contributed by atoms with van der Waals surface area (Å²) in [6, 6.07) is 4.56. The Kier molecular flexibility index (Phi) is 11.5. The smallest absolute Gasteiger partial charge is 0.312 e. The third kappa shape index (κ3) is 9.50. The van der Waals surface area contributed by atoms with Crippen LogP contribution in [0.5, 0.6) is 11.5 Å². The fourth-order valence-electron chi connectivity index (χ4n) is 3.31. The van der Waals surface area contributed by atoms with Crippen molar-refractivity contribution in [3.8, 4) is 11.5 Å². The summed E-state index contributed by atoms with van der Waals surface area (Å²) in [5.41, 5.74) is 0.703. The van der Waals surface area contributed by atoms with Crippen LogP contribution in [0.15, 0.2) is 18.2 Å². The lowest BCUT2D eigenvalue weighted by Gasteiger charge is -2.18. The molecule has 1 N–H and O–H groups in total. The van der Waals surface area contributed by atoms with E-state index in [-0.39, 0.29) is 11.5 Å². The van der Waals surface area contributed by atoms with Gasteiger partial charge in [-0.2, -0.15) is 8.42 Å². The summed E-state index contributed by atoms with van der Waals surface area (Å²) in [5, 5.41) is 9.12. The molecule has 1 rings (SSSR count). The lowest BCUT2D eigenvalue weighted by atomic mass is 10.0. The van der Waals surface area contributed by atoms with Crippen LogP contribution >= 0.6 is 0 Å². The summed E-state index contributed by atoms with van der Waals surface area (Å²) in [6.07, 6.45) is 13.0.